The van der Waals surface area contributed by atoms with Crippen molar-refractivity contribution in [2.24, 2.45) is 0 Å². The number of urea groups is 1. The predicted octanol–water partition coefficient (Wildman–Crippen LogP) is -1.33. The van der Waals surface area contributed by atoms with Gasteiger partial charge < -0.3 is 10.6 Å². The van der Waals surface area contributed by atoms with Gasteiger partial charge in [-0.1, -0.05) is 0 Å². The zero-order valence-electron chi connectivity index (χ0n) is 7.46. The first kappa shape index (κ1) is 9.50. The monoisotopic (exact) mass is 185 g/mol. The number of rotatable bonds is 2. The maximum absolute atomic E-state index is 11.1. The van der Waals surface area contributed by atoms with Gasteiger partial charge in [0.25, 0.3) is 5.91 Å². The first-order valence-electron chi connectivity index (χ1n) is 3.89. The number of carbonyl (C=O) groups excluding carboxylic acids is 3. The average Bonchev–Trinajstić information content (AvgIpc) is 2.44. The number of nitrogens with zero attached hydrogens (tertiary/aromatic N) is 1. The van der Waals surface area contributed by atoms with Crippen molar-refractivity contribution >= 4 is 17.8 Å². The molecule has 72 valence electrons. The molecule has 1 heterocycles. The Hall–Kier alpha value is -1.59. The number of amides is 4. The highest BCUT2D eigenvalue weighted by atomic mass is 16.2. The summed E-state index contributed by atoms with van der Waals surface area (Å²) < 4.78 is 0. The smallest absolute Gasteiger partial charge is 0.325 e. The number of imide groups is 1. The Kier molecular flexibility index (Phi) is 2.50. The van der Waals surface area contributed by atoms with E-state index in [2.05, 4.69) is 10.6 Å². The van der Waals surface area contributed by atoms with Crippen LogP contribution in [0.1, 0.15) is 6.92 Å². The van der Waals surface area contributed by atoms with Gasteiger partial charge in [-0.2, -0.15) is 0 Å². The summed E-state index contributed by atoms with van der Waals surface area (Å²) in [5.41, 5.74) is 0. The van der Waals surface area contributed by atoms with Gasteiger partial charge in [0.15, 0.2) is 0 Å². The highest BCUT2D eigenvalue weighted by Crippen LogP contribution is 2.05. The van der Waals surface area contributed by atoms with Crippen molar-refractivity contribution in [1.82, 2.24) is 15.5 Å². The van der Waals surface area contributed by atoms with Crippen LogP contribution in [0.2, 0.25) is 0 Å². The minimum Gasteiger partial charge on any atom is -0.357 e. The fourth-order valence-corrected chi connectivity index (χ4v) is 1.15. The van der Waals surface area contributed by atoms with Crippen LogP contribution in [0.25, 0.3) is 0 Å². The van der Waals surface area contributed by atoms with Crippen LogP contribution in [0, 0.1) is 0 Å². The summed E-state index contributed by atoms with van der Waals surface area (Å²) in [5.74, 6) is -0.730. The Morgan fingerprint density at radius 2 is 2.23 bits per heavy atom. The van der Waals surface area contributed by atoms with E-state index in [1.54, 1.807) is 0 Å². The van der Waals surface area contributed by atoms with E-state index in [4.69, 9.17) is 0 Å². The minimum atomic E-state index is -0.750. The molecule has 0 aromatic heterocycles. The number of likely N-dealkylation sites (N-methyl/N-ethyl adjacent to an activating group) is 1. The van der Waals surface area contributed by atoms with Gasteiger partial charge in [0.2, 0.25) is 5.91 Å². The van der Waals surface area contributed by atoms with Crippen molar-refractivity contribution < 1.29 is 14.4 Å². The molecule has 1 atom stereocenters. The zero-order chi connectivity index (χ0) is 10.0. The SMILES string of the molecule is CNC(=O)[C@@H](C)N1C(=O)CNC1=O. The van der Waals surface area contributed by atoms with Crippen molar-refractivity contribution in [3.8, 4) is 0 Å². The van der Waals surface area contributed by atoms with Gasteiger partial charge in [-0.05, 0) is 6.92 Å². The largest absolute Gasteiger partial charge is 0.357 e. The van der Waals surface area contributed by atoms with Gasteiger partial charge in [-0.3, -0.25) is 14.5 Å². The normalized spacial score (nSPS) is 18.5. The third-order valence-corrected chi connectivity index (χ3v) is 1.89. The highest BCUT2D eigenvalue weighted by Gasteiger charge is 2.35. The zero-order valence-corrected chi connectivity index (χ0v) is 7.46. The Balaban J connectivity index is 2.75. The summed E-state index contributed by atoms with van der Waals surface area (Å²) in [6.45, 7) is 1.47. The first-order valence-corrected chi connectivity index (χ1v) is 3.89. The maximum Gasteiger partial charge on any atom is 0.325 e. The van der Waals surface area contributed by atoms with Gasteiger partial charge in [-0.25, -0.2) is 4.79 Å². The van der Waals surface area contributed by atoms with Gasteiger partial charge in [0, 0.05) is 7.05 Å². The van der Waals surface area contributed by atoms with E-state index >= 15 is 0 Å². The van der Waals surface area contributed by atoms with Crippen molar-refractivity contribution in [1.29, 1.82) is 0 Å². The van der Waals surface area contributed by atoms with Crippen molar-refractivity contribution in [3.63, 3.8) is 0 Å². The second-order valence-corrected chi connectivity index (χ2v) is 2.71. The van der Waals surface area contributed by atoms with Crippen molar-refractivity contribution in [2.75, 3.05) is 13.6 Å². The molecule has 1 rings (SSSR count). The summed E-state index contributed by atoms with van der Waals surface area (Å²) in [6.07, 6.45) is 0. The molecule has 1 saturated heterocycles. The molecule has 6 heteroatoms. The molecule has 0 aliphatic carbocycles. The molecule has 0 saturated carbocycles. The molecule has 6 nitrogen and oxygen atoms in total. The Bertz CT molecular complexity index is 248. The molecule has 2 N–H and O–H groups in total. The van der Waals surface area contributed by atoms with Crippen molar-refractivity contribution in [3.05, 3.63) is 0 Å². The third-order valence-electron chi connectivity index (χ3n) is 1.89. The standard InChI is InChI=1S/C7H11N3O3/c1-4(6(12)8-2)10-5(11)3-9-7(10)13/h4H,3H2,1-2H3,(H,8,12)(H,9,13)/t4-/m1/s1. The molecular weight excluding hydrogens is 174 g/mol. The summed E-state index contributed by atoms with van der Waals surface area (Å²) in [5, 5.41) is 4.71. The molecule has 1 aliphatic heterocycles. The van der Waals surface area contributed by atoms with E-state index in [1.807, 2.05) is 0 Å². The minimum absolute atomic E-state index is 0.0276. The van der Waals surface area contributed by atoms with Crippen LogP contribution in [-0.2, 0) is 9.59 Å². The van der Waals surface area contributed by atoms with Gasteiger partial charge in [-0.15, -0.1) is 0 Å². The maximum atomic E-state index is 11.1. The Labute approximate surface area is 75.3 Å². The van der Waals surface area contributed by atoms with Crippen LogP contribution in [-0.4, -0.2) is 42.4 Å². The van der Waals surface area contributed by atoms with Gasteiger partial charge in [0.1, 0.15) is 6.04 Å². The number of hydrogen-bond donors (Lipinski definition) is 2. The van der Waals surface area contributed by atoms with Crippen molar-refractivity contribution in [2.45, 2.75) is 13.0 Å². The van der Waals surface area contributed by atoms with E-state index in [9.17, 15) is 14.4 Å². The molecule has 1 aliphatic rings. The third kappa shape index (κ3) is 1.61. The van der Waals surface area contributed by atoms with Crippen LogP contribution < -0.4 is 10.6 Å². The molecule has 0 bridgehead atoms. The van der Waals surface area contributed by atoms with E-state index < -0.39 is 12.1 Å². The Morgan fingerprint density at radius 3 is 2.62 bits per heavy atom. The topological polar surface area (TPSA) is 78.5 Å². The van der Waals surface area contributed by atoms with Crippen LogP contribution in [0.4, 0.5) is 4.79 Å². The van der Waals surface area contributed by atoms with E-state index in [1.165, 1.54) is 14.0 Å². The lowest BCUT2D eigenvalue weighted by Crippen LogP contribution is -2.47. The van der Waals surface area contributed by atoms with E-state index in [0.29, 0.717) is 0 Å². The molecule has 0 aromatic carbocycles. The summed E-state index contributed by atoms with van der Waals surface area (Å²) in [7, 11) is 1.46. The summed E-state index contributed by atoms with van der Waals surface area (Å²) in [6, 6.07) is -1.26. The fraction of sp³-hybridized carbons (Fsp3) is 0.571. The average molecular weight is 185 g/mol. The lowest BCUT2D eigenvalue weighted by atomic mass is 10.3. The van der Waals surface area contributed by atoms with Crippen LogP contribution >= 0.6 is 0 Å². The molecule has 4 amide bonds. The lowest BCUT2D eigenvalue weighted by Gasteiger charge is -2.19. The fourth-order valence-electron chi connectivity index (χ4n) is 1.15. The molecule has 13 heavy (non-hydrogen) atoms. The number of carbonyl (C=O) groups is 3. The molecule has 0 aromatic rings. The van der Waals surface area contributed by atoms with Crippen LogP contribution in [0.15, 0.2) is 0 Å². The molecule has 0 unspecified atom stereocenters. The summed E-state index contributed by atoms with van der Waals surface area (Å²) >= 11 is 0. The van der Waals surface area contributed by atoms with Gasteiger partial charge in [0.05, 0.1) is 6.54 Å². The van der Waals surface area contributed by atoms with E-state index in [0.717, 1.165) is 4.90 Å². The second kappa shape index (κ2) is 3.42. The van der Waals surface area contributed by atoms with Gasteiger partial charge >= 0.3 is 6.03 Å². The first-order chi connectivity index (χ1) is 6.07. The van der Waals surface area contributed by atoms with Crippen LogP contribution in [0.3, 0.4) is 0 Å². The molecule has 1 fully saturated rings. The number of nitrogens with one attached hydrogen (secondary N) is 2. The highest BCUT2D eigenvalue weighted by molar-refractivity contribution is 6.05. The molecule has 0 spiro atoms. The summed E-state index contributed by atoms with van der Waals surface area (Å²) in [4.78, 5) is 34.2. The number of hydrogen-bond acceptors (Lipinski definition) is 3. The second-order valence-electron chi connectivity index (χ2n) is 2.71. The lowest BCUT2D eigenvalue weighted by molar-refractivity contribution is -0.133. The molecule has 0 radical (unpaired) electrons. The van der Waals surface area contributed by atoms with E-state index in [-0.39, 0.29) is 18.4 Å². The predicted molar refractivity (Wildman–Crippen MR) is 43.8 cm³/mol. The van der Waals surface area contributed by atoms with Crippen LogP contribution in [0.5, 0.6) is 0 Å². The Morgan fingerprint density at radius 1 is 1.62 bits per heavy atom. The molecular formula is C7H11N3O3. The quantitative estimate of drug-likeness (QED) is 0.523.